The monoisotopic (exact) mass is 579 g/mol. The smallest absolute Gasteiger partial charge is 0.264 e. The van der Waals surface area contributed by atoms with Gasteiger partial charge in [-0.2, -0.15) is 0 Å². The Bertz CT molecular complexity index is 1480. The second kappa shape index (κ2) is 11.2. The van der Waals surface area contributed by atoms with Crippen LogP contribution in [0.5, 0.6) is 5.75 Å². The number of guanidine groups is 1. The first-order valence-electron chi connectivity index (χ1n) is 12.1. The van der Waals surface area contributed by atoms with Gasteiger partial charge in [-0.3, -0.25) is 9.79 Å². The van der Waals surface area contributed by atoms with E-state index in [1.165, 1.54) is 11.3 Å². The van der Waals surface area contributed by atoms with E-state index >= 15 is 0 Å². The van der Waals surface area contributed by atoms with Crippen molar-refractivity contribution in [2.75, 3.05) is 6.54 Å². The molecule has 0 radical (unpaired) electrons. The number of nitrogens with one attached hydrogen (secondary N) is 1. The van der Waals surface area contributed by atoms with Crippen LogP contribution < -0.4 is 20.9 Å². The second-order valence-corrected chi connectivity index (χ2v) is 12.7. The highest BCUT2D eigenvalue weighted by molar-refractivity contribution is 7.90. The van der Waals surface area contributed by atoms with Crippen molar-refractivity contribution in [2.24, 2.45) is 16.5 Å². The van der Waals surface area contributed by atoms with Crippen molar-refractivity contribution in [1.29, 1.82) is 0 Å². The third kappa shape index (κ3) is 5.96. The van der Waals surface area contributed by atoms with Gasteiger partial charge in [0.15, 0.2) is 5.01 Å². The Morgan fingerprint density at radius 2 is 1.89 bits per heavy atom. The van der Waals surface area contributed by atoms with Crippen molar-refractivity contribution in [1.82, 2.24) is 9.71 Å². The van der Waals surface area contributed by atoms with E-state index < -0.39 is 21.7 Å². The van der Waals surface area contributed by atoms with Crippen molar-refractivity contribution < 1.29 is 17.9 Å². The van der Waals surface area contributed by atoms with Gasteiger partial charge < -0.3 is 16.2 Å². The summed E-state index contributed by atoms with van der Waals surface area (Å²) in [5.74, 6) is 0.334. The molecule has 0 unspecified atom stereocenters. The first-order chi connectivity index (χ1) is 17.3. The molecule has 206 valence electrons. The molecular weight excluding hydrogens is 546 g/mol. The molecule has 38 heavy (non-hydrogen) atoms. The summed E-state index contributed by atoms with van der Waals surface area (Å²) in [6.45, 7) is 9.61. The van der Waals surface area contributed by atoms with Crippen LogP contribution in [0, 0.1) is 20.8 Å². The van der Waals surface area contributed by atoms with E-state index in [-0.39, 0.29) is 35.6 Å². The summed E-state index contributed by atoms with van der Waals surface area (Å²) in [5, 5.41) is 0.383. The summed E-state index contributed by atoms with van der Waals surface area (Å²) >= 11 is 1.32. The lowest BCUT2D eigenvalue weighted by atomic mass is 9.94. The minimum absolute atomic E-state index is 0. The average Bonchev–Trinajstić information content (AvgIpc) is 3.40. The normalized spacial score (nSPS) is 15.5. The first-order valence-corrected chi connectivity index (χ1v) is 14.4. The van der Waals surface area contributed by atoms with Crippen LogP contribution in [-0.2, 0) is 16.4 Å². The fraction of sp³-hybridized carbons (Fsp3) is 0.423. The molecule has 1 aliphatic rings. The minimum Gasteiger partial charge on any atom is -0.487 e. The molecule has 1 aromatic heterocycles. The number of benzene rings is 2. The van der Waals surface area contributed by atoms with Gasteiger partial charge in [-0.25, -0.2) is 18.1 Å². The van der Waals surface area contributed by atoms with Crippen LogP contribution in [0.15, 0.2) is 34.2 Å². The van der Waals surface area contributed by atoms with E-state index in [1.54, 1.807) is 13.8 Å². The molecule has 0 saturated heterocycles. The fourth-order valence-corrected chi connectivity index (χ4v) is 7.14. The van der Waals surface area contributed by atoms with E-state index in [0.717, 1.165) is 27.1 Å². The standard InChI is InChI=1S/C26H33N5O4S2.ClH/c1-14-15(2)23(16(3)17-13-26(4,5)35-22(14)17)37(33,34)31-25(28)29-12-8-9-18(27)21(32)24-30-19-10-6-7-11-20(19)36-24;/h6-7,10-11,18H,8-9,12-13,27H2,1-5H3,(H3,28,29,31);1H/t18-;/m0./s1. The summed E-state index contributed by atoms with van der Waals surface area (Å²) in [7, 11) is -3.97. The van der Waals surface area contributed by atoms with Crippen LogP contribution >= 0.6 is 23.7 Å². The molecule has 9 nitrogen and oxygen atoms in total. The van der Waals surface area contributed by atoms with E-state index in [9.17, 15) is 13.2 Å². The summed E-state index contributed by atoms with van der Waals surface area (Å²) in [6, 6.07) is 6.81. The number of para-hydroxylation sites is 1. The van der Waals surface area contributed by atoms with Crippen LogP contribution in [-0.4, -0.2) is 43.3 Å². The summed E-state index contributed by atoms with van der Waals surface area (Å²) in [5.41, 5.74) is 15.4. The number of rotatable bonds is 8. The van der Waals surface area contributed by atoms with Gasteiger partial charge in [0.05, 0.1) is 21.2 Å². The van der Waals surface area contributed by atoms with Gasteiger partial charge in [-0.15, -0.1) is 23.7 Å². The van der Waals surface area contributed by atoms with Gasteiger partial charge in [0, 0.05) is 18.5 Å². The van der Waals surface area contributed by atoms with Crippen molar-refractivity contribution in [3.05, 3.63) is 51.5 Å². The number of Topliss-reactive ketones (excluding diaryl/α,β-unsaturated/α-hetero) is 1. The Hall–Kier alpha value is -2.73. The summed E-state index contributed by atoms with van der Waals surface area (Å²) in [6.07, 6.45) is 1.45. The number of ketones is 1. The molecule has 0 aliphatic carbocycles. The lowest BCUT2D eigenvalue weighted by Gasteiger charge is -2.19. The van der Waals surface area contributed by atoms with Crippen molar-refractivity contribution >= 4 is 55.7 Å². The minimum atomic E-state index is -3.97. The highest BCUT2D eigenvalue weighted by Crippen LogP contribution is 2.43. The van der Waals surface area contributed by atoms with Gasteiger partial charge in [-0.1, -0.05) is 12.1 Å². The van der Waals surface area contributed by atoms with Crippen LogP contribution in [0.2, 0.25) is 0 Å². The molecular formula is C26H34ClN5O4S2. The number of hydrogen-bond donors (Lipinski definition) is 3. The van der Waals surface area contributed by atoms with E-state index in [2.05, 4.69) is 14.7 Å². The molecule has 2 heterocycles. The van der Waals surface area contributed by atoms with Crippen molar-refractivity contribution in [3.8, 4) is 5.75 Å². The Morgan fingerprint density at radius 3 is 2.58 bits per heavy atom. The first kappa shape index (κ1) is 29.8. The zero-order valence-electron chi connectivity index (χ0n) is 22.1. The molecule has 1 aliphatic heterocycles. The van der Waals surface area contributed by atoms with Crippen LogP contribution in [0.3, 0.4) is 0 Å². The predicted octanol–water partition coefficient (Wildman–Crippen LogP) is 3.94. The maximum atomic E-state index is 13.3. The molecule has 2 aromatic carbocycles. The molecule has 4 rings (SSSR count). The average molecular weight is 580 g/mol. The number of halogens is 1. The van der Waals surface area contributed by atoms with E-state index in [4.69, 9.17) is 16.2 Å². The van der Waals surface area contributed by atoms with Crippen LogP contribution in [0.25, 0.3) is 10.2 Å². The molecule has 0 bridgehead atoms. The number of thiazole rings is 1. The molecule has 12 heteroatoms. The molecule has 1 atom stereocenters. The zero-order valence-corrected chi connectivity index (χ0v) is 24.6. The number of nitrogens with zero attached hydrogens (tertiary/aromatic N) is 2. The highest BCUT2D eigenvalue weighted by atomic mass is 35.5. The second-order valence-electron chi connectivity index (χ2n) is 10.0. The van der Waals surface area contributed by atoms with Crippen molar-refractivity contribution in [2.45, 2.75) is 70.4 Å². The highest BCUT2D eigenvalue weighted by Gasteiger charge is 2.36. The third-order valence-electron chi connectivity index (χ3n) is 6.60. The SMILES string of the molecule is Cc1c(C)c(S(=O)(=O)NC(N)=NCCC[C@H](N)C(=O)c2nc3ccccc3s2)c(C)c2c1OC(C)(C)C2.Cl. The maximum Gasteiger partial charge on any atom is 0.264 e. The van der Waals surface area contributed by atoms with Crippen LogP contribution in [0.4, 0.5) is 0 Å². The Morgan fingerprint density at radius 1 is 1.21 bits per heavy atom. The van der Waals surface area contributed by atoms with Crippen molar-refractivity contribution in [3.63, 3.8) is 0 Å². The lowest BCUT2D eigenvalue weighted by molar-refractivity contribution is 0.0956. The Labute approximate surface area is 233 Å². The zero-order chi connectivity index (χ0) is 27.1. The van der Waals surface area contributed by atoms with Gasteiger partial charge in [0.1, 0.15) is 11.4 Å². The molecule has 3 aromatic rings. The van der Waals surface area contributed by atoms with E-state index in [1.807, 2.05) is 45.0 Å². The van der Waals surface area contributed by atoms with Gasteiger partial charge in [0.2, 0.25) is 11.7 Å². The number of fused-ring (bicyclic) bond motifs is 2. The number of sulfonamides is 1. The topological polar surface area (TPSA) is 150 Å². The summed E-state index contributed by atoms with van der Waals surface area (Å²) in [4.78, 5) is 21.4. The number of carbonyl (C=O) groups is 1. The van der Waals surface area contributed by atoms with Crippen LogP contribution in [0.1, 0.15) is 58.7 Å². The predicted molar refractivity (Wildman–Crippen MR) is 154 cm³/mol. The Kier molecular flexibility index (Phi) is 8.77. The Balaban J connectivity index is 0.00000400. The fourth-order valence-electron chi connectivity index (χ4n) is 4.65. The lowest BCUT2D eigenvalue weighted by Crippen LogP contribution is -2.38. The summed E-state index contributed by atoms with van der Waals surface area (Å²) < 4.78 is 36.0. The molecule has 0 amide bonds. The molecule has 0 spiro atoms. The number of aromatic nitrogens is 1. The van der Waals surface area contributed by atoms with Gasteiger partial charge in [0.25, 0.3) is 10.0 Å². The quantitative estimate of drug-likeness (QED) is 0.158. The number of aliphatic imine (C=N–C) groups is 1. The number of hydrogen-bond acceptors (Lipinski definition) is 8. The largest absolute Gasteiger partial charge is 0.487 e. The number of ether oxygens (including phenoxy) is 1. The van der Waals surface area contributed by atoms with Gasteiger partial charge >= 0.3 is 0 Å². The number of nitrogens with two attached hydrogens (primary N) is 2. The van der Waals surface area contributed by atoms with Gasteiger partial charge in [-0.05, 0) is 76.3 Å². The third-order valence-corrected chi connectivity index (χ3v) is 9.28. The molecule has 0 saturated carbocycles. The maximum absolute atomic E-state index is 13.3. The number of carbonyl (C=O) groups excluding carboxylic acids is 1. The molecule has 0 fully saturated rings. The molecule has 5 N–H and O–H groups in total. The van der Waals surface area contributed by atoms with E-state index in [0.29, 0.717) is 35.4 Å².